The van der Waals surface area contributed by atoms with Crippen LogP contribution < -0.4 is 0 Å². The number of esters is 1. The zero-order chi connectivity index (χ0) is 16.9. The van der Waals surface area contributed by atoms with Crippen molar-refractivity contribution in [1.29, 1.82) is 0 Å². The molecular weight excluding hydrogens is 322 g/mol. The van der Waals surface area contributed by atoms with E-state index < -0.39 is 0 Å². The second-order valence-electron chi connectivity index (χ2n) is 6.13. The van der Waals surface area contributed by atoms with Crippen LogP contribution in [0, 0.1) is 6.92 Å². The maximum Gasteiger partial charge on any atom is 0.348 e. The van der Waals surface area contributed by atoms with Crippen molar-refractivity contribution < 1.29 is 9.53 Å². The van der Waals surface area contributed by atoms with Crippen molar-refractivity contribution >= 4 is 17.3 Å². The lowest BCUT2D eigenvalue weighted by atomic mass is 10.2. The number of nitrogens with zero attached hydrogens (tertiary/aromatic N) is 3. The first kappa shape index (κ1) is 17.1. The summed E-state index contributed by atoms with van der Waals surface area (Å²) in [5.74, 6) is -0.248. The molecular formula is C18H23N3O2S. The molecule has 2 aromatic heterocycles. The number of piperazine rings is 1. The van der Waals surface area contributed by atoms with E-state index >= 15 is 0 Å². The summed E-state index contributed by atoms with van der Waals surface area (Å²) in [6.45, 7) is 8.10. The first-order valence-electron chi connectivity index (χ1n) is 8.16. The van der Waals surface area contributed by atoms with Crippen LogP contribution in [0.5, 0.6) is 0 Å². The molecule has 0 aromatic carbocycles. The van der Waals surface area contributed by atoms with Gasteiger partial charge in [0, 0.05) is 45.5 Å². The van der Waals surface area contributed by atoms with Crippen LogP contribution in [0.1, 0.15) is 26.5 Å². The molecule has 3 heterocycles. The summed E-state index contributed by atoms with van der Waals surface area (Å²) in [6, 6.07) is 6.05. The Morgan fingerprint density at radius 2 is 1.96 bits per heavy atom. The molecule has 5 nitrogen and oxygen atoms in total. The van der Waals surface area contributed by atoms with E-state index in [2.05, 4.69) is 33.2 Å². The van der Waals surface area contributed by atoms with Gasteiger partial charge in [0.25, 0.3) is 0 Å². The van der Waals surface area contributed by atoms with Crippen molar-refractivity contribution in [3.63, 3.8) is 0 Å². The summed E-state index contributed by atoms with van der Waals surface area (Å²) in [6.07, 6.45) is 1.87. The summed E-state index contributed by atoms with van der Waals surface area (Å²) < 4.78 is 4.77. The minimum atomic E-state index is -0.248. The Balaban J connectivity index is 1.49. The second kappa shape index (κ2) is 7.88. The molecule has 1 saturated heterocycles. The number of aromatic nitrogens is 1. The lowest BCUT2D eigenvalue weighted by molar-refractivity contribution is 0.0606. The van der Waals surface area contributed by atoms with Gasteiger partial charge in [0.1, 0.15) is 4.88 Å². The van der Waals surface area contributed by atoms with Gasteiger partial charge in [-0.1, -0.05) is 6.07 Å². The molecule has 0 amide bonds. The van der Waals surface area contributed by atoms with Crippen molar-refractivity contribution in [2.75, 3.05) is 33.3 Å². The van der Waals surface area contributed by atoms with Gasteiger partial charge in [-0.15, -0.1) is 11.3 Å². The largest absolute Gasteiger partial charge is 0.465 e. The average molecular weight is 345 g/mol. The third-order valence-corrected chi connectivity index (χ3v) is 5.36. The van der Waals surface area contributed by atoms with Crippen LogP contribution in [0.2, 0.25) is 0 Å². The lowest BCUT2D eigenvalue weighted by Crippen LogP contribution is -2.45. The average Bonchev–Trinajstić information content (AvgIpc) is 3.06. The number of pyridine rings is 1. The number of carbonyl (C=O) groups is 1. The highest BCUT2D eigenvalue weighted by molar-refractivity contribution is 7.12. The zero-order valence-corrected chi connectivity index (χ0v) is 15.0. The second-order valence-corrected chi connectivity index (χ2v) is 7.04. The van der Waals surface area contributed by atoms with Crippen molar-refractivity contribution in [2.24, 2.45) is 0 Å². The van der Waals surface area contributed by atoms with E-state index in [0.29, 0.717) is 4.88 Å². The zero-order valence-electron chi connectivity index (χ0n) is 14.2. The van der Waals surface area contributed by atoms with Crippen LogP contribution in [-0.4, -0.2) is 54.0 Å². The number of hydrogen-bond acceptors (Lipinski definition) is 6. The van der Waals surface area contributed by atoms with E-state index in [1.807, 2.05) is 18.3 Å². The SMILES string of the molecule is COC(=O)c1cc(CN2CCN(Cc3ncccc3C)CC2)cs1. The predicted octanol–water partition coefficient (Wildman–Crippen LogP) is 2.56. The molecule has 6 heteroatoms. The fourth-order valence-electron chi connectivity index (χ4n) is 2.93. The van der Waals surface area contributed by atoms with E-state index in [-0.39, 0.29) is 5.97 Å². The smallest absolute Gasteiger partial charge is 0.348 e. The molecule has 1 aliphatic heterocycles. The lowest BCUT2D eigenvalue weighted by Gasteiger charge is -2.34. The van der Waals surface area contributed by atoms with Gasteiger partial charge in [0.15, 0.2) is 0 Å². The predicted molar refractivity (Wildman–Crippen MR) is 95.2 cm³/mol. The Hall–Kier alpha value is -1.76. The summed E-state index contributed by atoms with van der Waals surface area (Å²) in [4.78, 5) is 21.6. The van der Waals surface area contributed by atoms with Gasteiger partial charge in [0.2, 0.25) is 0 Å². The Morgan fingerprint density at radius 1 is 1.25 bits per heavy atom. The topological polar surface area (TPSA) is 45.7 Å². The molecule has 0 spiro atoms. The molecule has 0 radical (unpaired) electrons. The molecule has 0 atom stereocenters. The van der Waals surface area contributed by atoms with Crippen molar-refractivity contribution in [3.8, 4) is 0 Å². The Bertz CT molecular complexity index is 693. The summed E-state index contributed by atoms with van der Waals surface area (Å²) in [5.41, 5.74) is 3.62. The fraction of sp³-hybridized carbons (Fsp3) is 0.444. The van der Waals surface area contributed by atoms with Crippen LogP contribution in [-0.2, 0) is 17.8 Å². The van der Waals surface area contributed by atoms with E-state index in [4.69, 9.17) is 4.74 Å². The van der Waals surface area contributed by atoms with Gasteiger partial charge in [-0.25, -0.2) is 4.79 Å². The van der Waals surface area contributed by atoms with E-state index in [0.717, 1.165) is 39.3 Å². The highest BCUT2D eigenvalue weighted by atomic mass is 32.1. The summed E-state index contributed by atoms with van der Waals surface area (Å²) in [5, 5.41) is 2.05. The molecule has 2 aromatic rings. The molecule has 128 valence electrons. The van der Waals surface area contributed by atoms with Gasteiger partial charge in [-0.05, 0) is 35.6 Å². The number of thiophene rings is 1. The maximum absolute atomic E-state index is 11.5. The number of carbonyl (C=O) groups excluding carboxylic acids is 1. The fourth-order valence-corrected chi connectivity index (χ4v) is 3.75. The van der Waals surface area contributed by atoms with Crippen LogP contribution in [0.25, 0.3) is 0 Å². The van der Waals surface area contributed by atoms with Crippen molar-refractivity contribution in [1.82, 2.24) is 14.8 Å². The van der Waals surface area contributed by atoms with Gasteiger partial charge in [-0.3, -0.25) is 14.8 Å². The standard InChI is InChI=1S/C18H23N3O2S/c1-14-4-3-5-19-16(14)12-21-8-6-20(7-9-21)11-15-10-17(24-13-15)18(22)23-2/h3-5,10,13H,6-9,11-12H2,1-2H3. The van der Waals surface area contributed by atoms with Crippen LogP contribution in [0.4, 0.5) is 0 Å². The molecule has 1 fully saturated rings. The summed E-state index contributed by atoms with van der Waals surface area (Å²) in [7, 11) is 1.42. The number of rotatable bonds is 5. The van der Waals surface area contributed by atoms with Crippen molar-refractivity contribution in [2.45, 2.75) is 20.0 Å². The molecule has 3 rings (SSSR count). The molecule has 0 unspecified atom stereocenters. The van der Waals surface area contributed by atoms with Gasteiger partial charge in [0.05, 0.1) is 12.8 Å². The van der Waals surface area contributed by atoms with Crippen LogP contribution in [0.15, 0.2) is 29.8 Å². The van der Waals surface area contributed by atoms with Gasteiger partial charge < -0.3 is 4.74 Å². The minimum absolute atomic E-state index is 0.248. The summed E-state index contributed by atoms with van der Waals surface area (Å²) >= 11 is 1.45. The Kier molecular flexibility index (Phi) is 5.60. The van der Waals surface area contributed by atoms with Crippen LogP contribution >= 0.6 is 11.3 Å². The monoisotopic (exact) mass is 345 g/mol. The quantitative estimate of drug-likeness (QED) is 0.780. The van der Waals surface area contributed by atoms with Crippen molar-refractivity contribution in [3.05, 3.63) is 51.5 Å². The Morgan fingerprint density at radius 3 is 2.62 bits per heavy atom. The van der Waals surface area contributed by atoms with E-state index in [1.165, 1.54) is 35.3 Å². The number of ether oxygens (including phenoxy) is 1. The molecule has 0 saturated carbocycles. The molecule has 0 bridgehead atoms. The molecule has 1 aliphatic rings. The Labute approximate surface area is 146 Å². The number of aryl methyl sites for hydroxylation is 1. The first-order chi connectivity index (χ1) is 11.7. The third kappa shape index (κ3) is 4.20. The highest BCUT2D eigenvalue weighted by Crippen LogP contribution is 2.18. The first-order valence-corrected chi connectivity index (χ1v) is 9.04. The highest BCUT2D eigenvalue weighted by Gasteiger charge is 2.19. The minimum Gasteiger partial charge on any atom is -0.465 e. The van der Waals surface area contributed by atoms with Crippen LogP contribution in [0.3, 0.4) is 0 Å². The van der Waals surface area contributed by atoms with Gasteiger partial charge >= 0.3 is 5.97 Å². The van der Waals surface area contributed by atoms with Gasteiger partial charge in [-0.2, -0.15) is 0 Å². The molecule has 0 N–H and O–H groups in total. The van der Waals surface area contributed by atoms with E-state index in [1.54, 1.807) is 0 Å². The maximum atomic E-state index is 11.5. The van der Waals surface area contributed by atoms with E-state index in [9.17, 15) is 4.79 Å². The molecule has 24 heavy (non-hydrogen) atoms. The third-order valence-electron chi connectivity index (χ3n) is 4.40. The number of hydrogen-bond donors (Lipinski definition) is 0. The normalized spacial score (nSPS) is 16.2. The molecule has 0 aliphatic carbocycles. The number of methoxy groups -OCH3 is 1.